The Kier molecular flexibility index (Phi) is 4.80. The topological polar surface area (TPSA) is 43.1 Å². The van der Waals surface area contributed by atoms with Crippen molar-refractivity contribution in [3.63, 3.8) is 0 Å². The first-order chi connectivity index (χ1) is 8.25. The summed E-state index contributed by atoms with van der Waals surface area (Å²) in [4.78, 5) is -0.585. The smallest absolute Gasteiger partial charge is 0.330 e. The standard InChI is InChI=1S/C10H10F5NOS/c11-7-1-2-8(12)9(3-7)18(17)5-6(4-16)10(13,14)15/h1-3,6H,4-5,16H2. The van der Waals surface area contributed by atoms with E-state index in [0.717, 1.165) is 6.07 Å². The minimum absolute atomic E-state index is 0.585. The third-order valence-corrected chi connectivity index (χ3v) is 3.75. The summed E-state index contributed by atoms with van der Waals surface area (Å²) in [5.41, 5.74) is 4.93. The maximum absolute atomic E-state index is 13.2. The summed E-state index contributed by atoms with van der Waals surface area (Å²) in [7, 11) is -2.30. The van der Waals surface area contributed by atoms with Gasteiger partial charge in [0.15, 0.2) is 0 Å². The van der Waals surface area contributed by atoms with Crippen molar-refractivity contribution in [1.82, 2.24) is 0 Å². The minimum Gasteiger partial charge on any atom is -0.330 e. The predicted molar refractivity (Wildman–Crippen MR) is 56.2 cm³/mol. The molecule has 1 aromatic rings. The molecule has 0 heterocycles. The maximum atomic E-state index is 13.2. The Balaban J connectivity index is 2.91. The highest BCUT2D eigenvalue weighted by molar-refractivity contribution is 7.85. The van der Waals surface area contributed by atoms with Gasteiger partial charge in [-0.3, -0.25) is 4.21 Å². The van der Waals surface area contributed by atoms with Gasteiger partial charge in [-0.2, -0.15) is 13.2 Å². The molecule has 1 aromatic carbocycles. The van der Waals surface area contributed by atoms with Gasteiger partial charge in [0.1, 0.15) is 11.6 Å². The van der Waals surface area contributed by atoms with Crippen LogP contribution in [0.5, 0.6) is 0 Å². The summed E-state index contributed by atoms with van der Waals surface area (Å²) in [6.45, 7) is -0.758. The number of hydrogen-bond acceptors (Lipinski definition) is 2. The van der Waals surface area contributed by atoms with Gasteiger partial charge in [-0.15, -0.1) is 0 Å². The Labute approximate surface area is 102 Å². The molecule has 102 valence electrons. The first kappa shape index (κ1) is 15.0. The molecule has 0 saturated carbocycles. The summed E-state index contributed by atoms with van der Waals surface area (Å²) in [6.07, 6.45) is -4.62. The summed E-state index contributed by atoms with van der Waals surface area (Å²) < 4.78 is 74.8. The molecular weight excluding hydrogens is 277 g/mol. The molecular formula is C10H10F5NOS. The molecule has 0 amide bonds. The third-order valence-electron chi connectivity index (χ3n) is 2.24. The normalized spacial score (nSPS) is 15.4. The van der Waals surface area contributed by atoms with E-state index in [9.17, 15) is 26.2 Å². The zero-order valence-corrected chi connectivity index (χ0v) is 9.82. The van der Waals surface area contributed by atoms with Crippen LogP contribution in [0.2, 0.25) is 0 Å². The van der Waals surface area contributed by atoms with Gasteiger partial charge in [0.25, 0.3) is 0 Å². The highest BCUT2D eigenvalue weighted by Crippen LogP contribution is 2.27. The van der Waals surface area contributed by atoms with E-state index in [1.807, 2.05) is 0 Å². The fraction of sp³-hybridized carbons (Fsp3) is 0.400. The van der Waals surface area contributed by atoms with Crippen LogP contribution in [0.4, 0.5) is 22.0 Å². The summed E-state index contributed by atoms with van der Waals surface area (Å²) in [5.74, 6) is -4.77. The van der Waals surface area contributed by atoms with Gasteiger partial charge in [-0.25, -0.2) is 8.78 Å². The van der Waals surface area contributed by atoms with E-state index in [1.54, 1.807) is 0 Å². The maximum Gasteiger partial charge on any atom is 0.393 e. The van der Waals surface area contributed by atoms with Crippen LogP contribution in [0.15, 0.2) is 23.1 Å². The van der Waals surface area contributed by atoms with Gasteiger partial charge in [-0.1, -0.05) is 0 Å². The fourth-order valence-corrected chi connectivity index (χ4v) is 2.62. The molecule has 0 aromatic heterocycles. The van der Waals surface area contributed by atoms with Crippen molar-refractivity contribution in [2.75, 3.05) is 12.3 Å². The lowest BCUT2D eigenvalue weighted by Gasteiger charge is -2.17. The van der Waals surface area contributed by atoms with E-state index in [1.165, 1.54) is 0 Å². The van der Waals surface area contributed by atoms with Gasteiger partial charge in [0.05, 0.1) is 21.6 Å². The van der Waals surface area contributed by atoms with Crippen molar-refractivity contribution in [1.29, 1.82) is 0 Å². The number of alkyl halides is 3. The van der Waals surface area contributed by atoms with E-state index < -0.39 is 51.7 Å². The Morgan fingerprint density at radius 3 is 2.39 bits per heavy atom. The van der Waals surface area contributed by atoms with Crippen molar-refractivity contribution < 1.29 is 26.2 Å². The monoisotopic (exact) mass is 287 g/mol. The predicted octanol–water partition coefficient (Wildman–Crippen LogP) is 2.21. The fourth-order valence-electron chi connectivity index (χ4n) is 1.22. The van der Waals surface area contributed by atoms with Crippen LogP contribution in [0.1, 0.15) is 0 Å². The molecule has 0 fully saturated rings. The number of nitrogens with two attached hydrogens (primary N) is 1. The first-order valence-electron chi connectivity index (χ1n) is 4.86. The largest absolute Gasteiger partial charge is 0.393 e. The van der Waals surface area contributed by atoms with E-state index in [0.29, 0.717) is 12.1 Å². The summed E-state index contributed by atoms with van der Waals surface area (Å²) in [6, 6.07) is 2.13. The molecule has 0 saturated heterocycles. The first-order valence-corrected chi connectivity index (χ1v) is 6.17. The van der Waals surface area contributed by atoms with E-state index >= 15 is 0 Å². The van der Waals surface area contributed by atoms with Crippen molar-refractivity contribution in [3.05, 3.63) is 29.8 Å². The van der Waals surface area contributed by atoms with Crippen LogP contribution in [0.3, 0.4) is 0 Å². The quantitative estimate of drug-likeness (QED) is 0.863. The average Bonchev–Trinajstić information content (AvgIpc) is 2.27. The van der Waals surface area contributed by atoms with Gasteiger partial charge >= 0.3 is 6.18 Å². The highest BCUT2D eigenvalue weighted by atomic mass is 32.2. The molecule has 0 aliphatic heterocycles. The third kappa shape index (κ3) is 3.74. The van der Waals surface area contributed by atoms with Crippen LogP contribution in [-0.4, -0.2) is 22.7 Å². The van der Waals surface area contributed by atoms with Crippen molar-refractivity contribution in [3.8, 4) is 0 Å². The van der Waals surface area contributed by atoms with E-state index in [-0.39, 0.29) is 0 Å². The Morgan fingerprint density at radius 2 is 1.89 bits per heavy atom. The van der Waals surface area contributed by atoms with Crippen molar-refractivity contribution in [2.45, 2.75) is 11.1 Å². The second-order valence-corrected chi connectivity index (χ2v) is 5.03. The lowest BCUT2D eigenvalue weighted by molar-refractivity contribution is -0.165. The summed E-state index contributed by atoms with van der Waals surface area (Å²) >= 11 is 0. The number of hydrogen-bond donors (Lipinski definition) is 1. The van der Waals surface area contributed by atoms with Crippen LogP contribution < -0.4 is 5.73 Å². The molecule has 2 nitrogen and oxygen atoms in total. The van der Waals surface area contributed by atoms with Crippen LogP contribution in [0, 0.1) is 17.6 Å². The zero-order valence-electron chi connectivity index (χ0n) is 9.01. The second kappa shape index (κ2) is 5.75. The Hall–Kier alpha value is -1.02. The Bertz CT molecular complexity index is 448. The Morgan fingerprint density at radius 1 is 1.28 bits per heavy atom. The molecule has 0 spiro atoms. The second-order valence-electron chi connectivity index (χ2n) is 3.56. The highest BCUT2D eigenvalue weighted by Gasteiger charge is 2.39. The van der Waals surface area contributed by atoms with E-state index in [2.05, 4.69) is 0 Å². The van der Waals surface area contributed by atoms with Crippen molar-refractivity contribution in [2.24, 2.45) is 11.7 Å². The van der Waals surface area contributed by atoms with Gasteiger partial charge in [0.2, 0.25) is 0 Å². The number of benzene rings is 1. The SMILES string of the molecule is NCC(CS(=O)c1cc(F)ccc1F)C(F)(F)F. The molecule has 8 heteroatoms. The lowest BCUT2D eigenvalue weighted by Crippen LogP contribution is -2.34. The van der Waals surface area contributed by atoms with Crippen LogP contribution >= 0.6 is 0 Å². The number of rotatable bonds is 4. The molecule has 2 unspecified atom stereocenters. The molecule has 1 rings (SSSR count). The van der Waals surface area contributed by atoms with Gasteiger partial charge < -0.3 is 5.73 Å². The molecule has 0 aliphatic rings. The van der Waals surface area contributed by atoms with E-state index in [4.69, 9.17) is 5.73 Å². The zero-order chi connectivity index (χ0) is 13.9. The molecule has 2 atom stereocenters. The van der Waals surface area contributed by atoms with Gasteiger partial charge in [0, 0.05) is 12.3 Å². The molecule has 0 radical (unpaired) electrons. The molecule has 0 bridgehead atoms. The van der Waals surface area contributed by atoms with Crippen LogP contribution in [-0.2, 0) is 10.8 Å². The van der Waals surface area contributed by atoms with Gasteiger partial charge in [-0.05, 0) is 18.2 Å². The lowest BCUT2D eigenvalue weighted by atomic mass is 10.2. The minimum atomic E-state index is -4.62. The average molecular weight is 287 g/mol. The summed E-state index contributed by atoms with van der Waals surface area (Å²) in [5, 5.41) is 0. The number of halogens is 5. The molecule has 2 N–H and O–H groups in total. The molecule has 0 aliphatic carbocycles. The molecule has 18 heavy (non-hydrogen) atoms. The van der Waals surface area contributed by atoms with Crippen molar-refractivity contribution >= 4 is 10.8 Å². The van der Waals surface area contributed by atoms with Crippen LogP contribution in [0.25, 0.3) is 0 Å².